The summed E-state index contributed by atoms with van der Waals surface area (Å²) in [6.07, 6.45) is 0. The van der Waals surface area contributed by atoms with E-state index in [1.165, 1.54) is 11.8 Å². The number of aromatic nitrogens is 3. The van der Waals surface area contributed by atoms with E-state index >= 15 is 0 Å². The van der Waals surface area contributed by atoms with Crippen LogP contribution >= 0.6 is 39.3 Å². The Labute approximate surface area is 285 Å². The zero-order valence-corrected chi connectivity index (χ0v) is 28.5. The summed E-state index contributed by atoms with van der Waals surface area (Å²) < 4.78 is 14.5. The standard InChI is InChI=1S/C35H31BrClN5O3S/c1-21-11-7-8-12-23(21)19-45-32-27(36)17-25(18-29(32)44-3)31-30(33(43)39-26-14-5-4-6-15-26)22(2)38-34-40-35(41-42(31)34)46-20-24-13-9-10-16-28(24)37/h4-18,31H,19-20H2,1-3H3,(H,39,43)(H,38,40,41). The number of carbonyl (C=O) groups excluding carboxylic acids is 1. The van der Waals surface area contributed by atoms with Gasteiger partial charge in [0.1, 0.15) is 12.6 Å². The number of aryl methyl sites for hydroxylation is 1. The van der Waals surface area contributed by atoms with Crippen LogP contribution in [-0.2, 0) is 17.2 Å². The van der Waals surface area contributed by atoms with E-state index in [4.69, 9.17) is 31.2 Å². The first-order chi connectivity index (χ1) is 22.3. The molecule has 0 saturated carbocycles. The summed E-state index contributed by atoms with van der Waals surface area (Å²) >= 11 is 11.6. The van der Waals surface area contributed by atoms with Gasteiger partial charge in [0.15, 0.2) is 11.5 Å². The van der Waals surface area contributed by atoms with E-state index in [0.29, 0.717) is 61.4 Å². The van der Waals surface area contributed by atoms with Crippen molar-refractivity contribution in [1.82, 2.24) is 14.8 Å². The van der Waals surface area contributed by atoms with Gasteiger partial charge in [0.2, 0.25) is 11.1 Å². The Morgan fingerprint density at radius 1 is 1.02 bits per heavy atom. The smallest absolute Gasteiger partial charge is 0.255 e. The maximum atomic E-state index is 14.0. The topological polar surface area (TPSA) is 90.3 Å². The zero-order valence-electron chi connectivity index (χ0n) is 25.4. The minimum atomic E-state index is -0.627. The molecule has 1 atom stereocenters. The largest absolute Gasteiger partial charge is 0.493 e. The quantitative estimate of drug-likeness (QED) is 0.140. The Morgan fingerprint density at radius 3 is 2.48 bits per heavy atom. The van der Waals surface area contributed by atoms with Crippen molar-refractivity contribution in [2.24, 2.45) is 0 Å². The van der Waals surface area contributed by atoms with Crippen LogP contribution < -0.4 is 20.1 Å². The van der Waals surface area contributed by atoms with Gasteiger partial charge < -0.3 is 20.1 Å². The second-order valence-corrected chi connectivity index (χ2v) is 12.9. The van der Waals surface area contributed by atoms with Gasteiger partial charge in [0, 0.05) is 22.2 Å². The van der Waals surface area contributed by atoms with Crippen LogP contribution in [0.15, 0.2) is 112 Å². The lowest BCUT2D eigenvalue weighted by Gasteiger charge is -2.29. The zero-order chi connectivity index (χ0) is 32.2. The van der Waals surface area contributed by atoms with Crippen molar-refractivity contribution in [3.05, 3.63) is 134 Å². The maximum absolute atomic E-state index is 14.0. The van der Waals surface area contributed by atoms with Gasteiger partial charge in [-0.3, -0.25) is 4.79 Å². The highest BCUT2D eigenvalue weighted by Gasteiger charge is 2.35. The maximum Gasteiger partial charge on any atom is 0.255 e. The number of hydrogen-bond acceptors (Lipinski definition) is 7. The number of nitrogens with zero attached hydrogens (tertiary/aromatic N) is 3. The van der Waals surface area contributed by atoms with Crippen molar-refractivity contribution >= 4 is 56.8 Å². The van der Waals surface area contributed by atoms with Crippen molar-refractivity contribution in [1.29, 1.82) is 0 Å². The van der Waals surface area contributed by atoms with Gasteiger partial charge in [-0.15, -0.1) is 5.10 Å². The lowest BCUT2D eigenvalue weighted by Crippen LogP contribution is -2.31. The molecule has 6 rings (SSSR count). The van der Waals surface area contributed by atoms with E-state index in [2.05, 4.69) is 39.6 Å². The molecule has 0 fully saturated rings. The molecule has 2 heterocycles. The number of halogens is 2. The van der Waals surface area contributed by atoms with Crippen molar-refractivity contribution in [3.8, 4) is 11.5 Å². The summed E-state index contributed by atoms with van der Waals surface area (Å²) in [6.45, 7) is 4.30. The number of rotatable bonds is 10. The van der Waals surface area contributed by atoms with Crippen LogP contribution in [0.25, 0.3) is 0 Å². The summed E-state index contributed by atoms with van der Waals surface area (Å²) in [5.74, 6) is 1.94. The molecule has 1 aliphatic heterocycles. The molecular formula is C35H31BrClN5O3S. The number of para-hydroxylation sites is 1. The van der Waals surface area contributed by atoms with E-state index in [1.807, 2.05) is 91.9 Å². The van der Waals surface area contributed by atoms with Crippen molar-refractivity contribution in [2.75, 3.05) is 17.7 Å². The van der Waals surface area contributed by atoms with Crippen LogP contribution in [0.1, 0.15) is 35.2 Å². The SMILES string of the molecule is COc1cc(C2C(C(=O)Nc3ccccc3)=C(C)Nc3nc(SCc4ccccc4Cl)nn32)cc(Br)c1OCc1ccccc1C. The lowest BCUT2D eigenvalue weighted by atomic mass is 9.94. The normalized spacial score (nSPS) is 14.0. The van der Waals surface area contributed by atoms with Crippen molar-refractivity contribution in [2.45, 2.75) is 37.4 Å². The monoisotopic (exact) mass is 715 g/mol. The van der Waals surface area contributed by atoms with Gasteiger partial charge >= 0.3 is 0 Å². The Hall–Kier alpha value is -4.25. The highest BCUT2D eigenvalue weighted by Crippen LogP contribution is 2.43. The molecule has 1 unspecified atom stereocenters. The summed E-state index contributed by atoms with van der Waals surface area (Å²) in [5, 5.41) is 12.5. The third-order valence-corrected chi connectivity index (χ3v) is 9.47. The van der Waals surface area contributed by atoms with Gasteiger partial charge in [-0.05, 0) is 82.4 Å². The number of allylic oxidation sites excluding steroid dienone is 1. The summed E-state index contributed by atoms with van der Waals surface area (Å²) in [7, 11) is 1.60. The number of thioether (sulfide) groups is 1. The van der Waals surface area contributed by atoms with Gasteiger partial charge in [-0.2, -0.15) is 4.98 Å². The second kappa shape index (κ2) is 14.0. The Kier molecular flexibility index (Phi) is 9.67. The molecule has 8 nitrogen and oxygen atoms in total. The molecule has 0 radical (unpaired) electrons. The molecule has 0 saturated heterocycles. The number of carbonyl (C=O) groups is 1. The molecule has 0 bridgehead atoms. The van der Waals surface area contributed by atoms with Crippen LogP contribution in [0, 0.1) is 6.92 Å². The fraction of sp³-hybridized carbons (Fsp3) is 0.171. The van der Waals surface area contributed by atoms with Gasteiger partial charge in [-0.1, -0.05) is 84.0 Å². The molecule has 5 aromatic rings. The van der Waals surface area contributed by atoms with E-state index in [-0.39, 0.29) is 5.91 Å². The number of fused-ring (bicyclic) bond motifs is 1. The van der Waals surface area contributed by atoms with Crippen LogP contribution in [0.4, 0.5) is 11.6 Å². The number of methoxy groups -OCH3 is 1. The molecule has 1 aliphatic rings. The minimum absolute atomic E-state index is 0.261. The number of anilines is 2. The number of amides is 1. The molecular weight excluding hydrogens is 686 g/mol. The molecule has 2 N–H and O–H groups in total. The molecule has 11 heteroatoms. The molecule has 234 valence electrons. The predicted octanol–water partition coefficient (Wildman–Crippen LogP) is 8.81. The number of nitrogens with one attached hydrogen (secondary N) is 2. The Balaban J connectivity index is 1.38. The first kappa shape index (κ1) is 31.7. The van der Waals surface area contributed by atoms with E-state index in [0.717, 1.165) is 22.3 Å². The van der Waals surface area contributed by atoms with Crippen LogP contribution in [0.2, 0.25) is 5.02 Å². The van der Waals surface area contributed by atoms with E-state index in [9.17, 15) is 4.79 Å². The molecule has 0 aliphatic carbocycles. The first-order valence-electron chi connectivity index (χ1n) is 14.5. The number of hydrogen-bond donors (Lipinski definition) is 2. The van der Waals surface area contributed by atoms with Crippen LogP contribution in [-0.4, -0.2) is 27.8 Å². The lowest BCUT2D eigenvalue weighted by molar-refractivity contribution is -0.113. The fourth-order valence-electron chi connectivity index (χ4n) is 5.23. The van der Waals surface area contributed by atoms with Crippen LogP contribution in [0.5, 0.6) is 11.5 Å². The average molecular weight is 717 g/mol. The Morgan fingerprint density at radius 2 is 1.74 bits per heavy atom. The third-order valence-electron chi connectivity index (χ3n) is 7.62. The second-order valence-electron chi connectivity index (χ2n) is 10.7. The van der Waals surface area contributed by atoms with E-state index < -0.39 is 6.04 Å². The summed E-state index contributed by atoms with van der Waals surface area (Å²) in [5.41, 5.74) is 5.80. The van der Waals surface area contributed by atoms with Crippen molar-refractivity contribution < 1.29 is 14.3 Å². The first-order valence-corrected chi connectivity index (χ1v) is 16.7. The summed E-state index contributed by atoms with van der Waals surface area (Å²) in [6, 6.07) is 28.4. The summed E-state index contributed by atoms with van der Waals surface area (Å²) in [4.78, 5) is 18.7. The predicted molar refractivity (Wildman–Crippen MR) is 187 cm³/mol. The molecule has 0 spiro atoms. The van der Waals surface area contributed by atoms with Crippen LogP contribution in [0.3, 0.4) is 0 Å². The number of ether oxygens (including phenoxy) is 2. The molecule has 1 amide bonds. The fourth-order valence-corrected chi connectivity index (χ4v) is 6.92. The highest BCUT2D eigenvalue weighted by atomic mass is 79.9. The third kappa shape index (κ3) is 6.79. The Bertz CT molecular complexity index is 1930. The van der Waals surface area contributed by atoms with E-state index in [1.54, 1.807) is 11.8 Å². The minimum Gasteiger partial charge on any atom is -0.493 e. The van der Waals surface area contributed by atoms with Gasteiger partial charge in [-0.25, -0.2) is 4.68 Å². The van der Waals surface area contributed by atoms with Crippen molar-refractivity contribution in [3.63, 3.8) is 0 Å². The van der Waals surface area contributed by atoms with Gasteiger partial charge in [0.25, 0.3) is 5.91 Å². The molecule has 1 aromatic heterocycles. The highest BCUT2D eigenvalue weighted by molar-refractivity contribution is 9.10. The van der Waals surface area contributed by atoms with Gasteiger partial charge in [0.05, 0.1) is 17.2 Å². The average Bonchev–Trinajstić information content (AvgIpc) is 3.46. The molecule has 4 aromatic carbocycles. The molecule has 46 heavy (non-hydrogen) atoms. The number of benzene rings is 4.